The van der Waals surface area contributed by atoms with E-state index in [1.807, 2.05) is 31.9 Å². The highest BCUT2D eigenvalue weighted by Crippen LogP contribution is 2.11. The maximum atomic E-state index is 11.4. The van der Waals surface area contributed by atoms with Crippen molar-refractivity contribution in [3.05, 3.63) is 17.5 Å². The minimum atomic E-state index is 0.251. The van der Waals surface area contributed by atoms with E-state index in [9.17, 15) is 4.79 Å². The summed E-state index contributed by atoms with van der Waals surface area (Å²) in [5, 5.41) is 7.81. The number of hydrogen-bond donors (Lipinski definition) is 1. The largest absolute Gasteiger partial charge is 0.344 e. The van der Waals surface area contributed by atoms with Crippen LogP contribution in [0.4, 0.5) is 0 Å². The van der Waals surface area contributed by atoms with Gasteiger partial charge in [-0.15, -0.1) is 0 Å². The summed E-state index contributed by atoms with van der Waals surface area (Å²) in [5.41, 5.74) is 2.30. The fraction of sp³-hybridized carbons (Fsp3) is 0.667. The van der Waals surface area contributed by atoms with E-state index < -0.39 is 0 Å². The molecule has 17 heavy (non-hydrogen) atoms. The Morgan fingerprint density at radius 2 is 2.29 bits per heavy atom. The molecule has 1 atom stereocenters. The van der Waals surface area contributed by atoms with Crippen LogP contribution in [0, 0.1) is 6.92 Å². The van der Waals surface area contributed by atoms with Gasteiger partial charge in [0.05, 0.1) is 5.69 Å². The molecule has 1 aromatic heterocycles. The molecule has 0 aromatic carbocycles. The summed E-state index contributed by atoms with van der Waals surface area (Å²) in [6.07, 6.45) is 3.63. The normalized spacial score (nSPS) is 21.0. The van der Waals surface area contributed by atoms with Gasteiger partial charge in [-0.3, -0.25) is 9.48 Å². The summed E-state index contributed by atoms with van der Waals surface area (Å²) < 4.78 is 1.84. The van der Waals surface area contributed by atoms with Crippen LogP contribution in [-0.2, 0) is 18.4 Å². The van der Waals surface area contributed by atoms with Crippen LogP contribution in [-0.4, -0.2) is 40.2 Å². The smallest absolute Gasteiger partial charge is 0.222 e. The number of carbonyl (C=O) groups excluding carboxylic acids is 1. The summed E-state index contributed by atoms with van der Waals surface area (Å²) in [6.45, 7) is 3.65. The number of aryl methyl sites for hydroxylation is 2. The Morgan fingerprint density at radius 3 is 2.88 bits per heavy atom. The molecule has 5 nitrogen and oxygen atoms in total. The number of likely N-dealkylation sites (tertiary alicyclic amines) is 1. The first-order valence-electron chi connectivity index (χ1n) is 6.02. The van der Waals surface area contributed by atoms with Crippen LogP contribution in [0.3, 0.4) is 0 Å². The maximum absolute atomic E-state index is 11.4. The van der Waals surface area contributed by atoms with Crippen LogP contribution in [0.1, 0.15) is 24.1 Å². The molecule has 0 radical (unpaired) electrons. The molecule has 1 fully saturated rings. The molecule has 2 rings (SSSR count). The molecule has 94 valence electrons. The second-order valence-electron chi connectivity index (χ2n) is 4.80. The predicted molar refractivity (Wildman–Crippen MR) is 65.4 cm³/mol. The van der Waals surface area contributed by atoms with Crippen molar-refractivity contribution in [3.63, 3.8) is 0 Å². The standard InChI is InChI=1S/C12H20N4O/c1-9-10(7-16(3)14-9)6-13-11-4-5-12(17)15(2)8-11/h7,11,13H,4-6,8H2,1-3H3. The number of nitrogens with zero attached hydrogens (tertiary/aromatic N) is 3. The molecule has 1 N–H and O–H groups in total. The van der Waals surface area contributed by atoms with Gasteiger partial charge in [-0.2, -0.15) is 5.10 Å². The molecule has 0 spiro atoms. The first-order valence-corrected chi connectivity index (χ1v) is 6.02. The van der Waals surface area contributed by atoms with E-state index in [2.05, 4.69) is 10.4 Å². The minimum Gasteiger partial charge on any atom is -0.344 e. The minimum absolute atomic E-state index is 0.251. The maximum Gasteiger partial charge on any atom is 0.222 e. The van der Waals surface area contributed by atoms with Gasteiger partial charge in [0.25, 0.3) is 0 Å². The van der Waals surface area contributed by atoms with Gasteiger partial charge in [0, 0.05) is 51.4 Å². The van der Waals surface area contributed by atoms with Crippen molar-refractivity contribution in [3.8, 4) is 0 Å². The molecular formula is C12H20N4O. The summed E-state index contributed by atoms with van der Waals surface area (Å²) in [4.78, 5) is 13.2. The van der Waals surface area contributed by atoms with Crippen molar-refractivity contribution in [2.24, 2.45) is 7.05 Å². The molecule has 1 aromatic rings. The molecule has 1 saturated heterocycles. The Hall–Kier alpha value is -1.36. The summed E-state index contributed by atoms with van der Waals surface area (Å²) in [6, 6.07) is 0.400. The van der Waals surface area contributed by atoms with Gasteiger partial charge in [0.1, 0.15) is 0 Å². The number of nitrogens with one attached hydrogen (secondary N) is 1. The average molecular weight is 236 g/mol. The van der Waals surface area contributed by atoms with Crippen LogP contribution in [0.5, 0.6) is 0 Å². The van der Waals surface area contributed by atoms with Crippen LogP contribution in [0.25, 0.3) is 0 Å². The van der Waals surface area contributed by atoms with Crippen molar-refractivity contribution < 1.29 is 4.79 Å². The average Bonchev–Trinajstić information content (AvgIpc) is 2.59. The van der Waals surface area contributed by atoms with E-state index in [4.69, 9.17) is 0 Å². The van der Waals surface area contributed by atoms with Gasteiger partial charge in [-0.25, -0.2) is 0 Å². The van der Waals surface area contributed by atoms with Crippen LogP contribution >= 0.6 is 0 Å². The fourth-order valence-corrected chi connectivity index (χ4v) is 2.26. The summed E-state index contributed by atoms with van der Waals surface area (Å²) in [5.74, 6) is 0.251. The highest BCUT2D eigenvalue weighted by Gasteiger charge is 2.22. The molecule has 5 heteroatoms. The lowest BCUT2D eigenvalue weighted by Crippen LogP contribution is -2.46. The van der Waals surface area contributed by atoms with Gasteiger partial charge in [-0.1, -0.05) is 0 Å². The SMILES string of the molecule is Cc1nn(C)cc1CNC1CCC(=O)N(C)C1. The third-order valence-corrected chi connectivity index (χ3v) is 3.32. The predicted octanol–water partition coefficient (Wildman–Crippen LogP) is 0.439. The van der Waals surface area contributed by atoms with E-state index in [-0.39, 0.29) is 5.91 Å². The lowest BCUT2D eigenvalue weighted by molar-refractivity contribution is -0.132. The number of hydrogen-bond acceptors (Lipinski definition) is 3. The molecule has 1 amide bonds. The van der Waals surface area contributed by atoms with E-state index in [0.29, 0.717) is 12.5 Å². The number of amides is 1. The molecular weight excluding hydrogens is 216 g/mol. The third-order valence-electron chi connectivity index (χ3n) is 3.32. The molecule has 0 bridgehead atoms. The molecule has 0 saturated carbocycles. The summed E-state index contributed by atoms with van der Waals surface area (Å²) in [7, 11) is 3.80. The number of piperidine rings is 1. The van der Waals surface area contributed by atoms with Gasteiger partial charge >= 0.3 is 0 Å². The number of aromatic nitrogens is 2. The number of rotatable bonds is 3. The second kappa shape index (κ2) is 4.87. The lowest BCUT2D eigenvalue weighted by Gasteiger charge is -2.30. The molecule has 0 aliphatic carbocycles. The summed E-state index contributed by atoms with van der Waals surface area (Å²) >= 11 is 0. The Kier molecular flexibility index (Phi) is 3.47. The van der Waals surface area contributed by atoms with E-state index in [0.717, 1.165) is 25.2 Å². The molecule has 1 aliphatic heterocycles. The molecule has 1 unspecified atom stereocenters. The zero-order valence-corrected chi connectivity index (χ0v) is 10.7. The second-order valence-corrected chi connectivity index (χ2v) is 4.80. The number of carbonyl (C=O) groups is 1. The molecule has 2 heterocycles. The first-order chi connectivity index (χ1) is 8.06. The van der Waals surface area contributed by atoms with Crippen molar-refractivity contribution >= 4 is 5.91 Å². The zero-order chi connectivity index (χ0) is 12.4. The van der Waals surface area contributed by atoms with Gasteiger partial charge in [0.2, 0.25) is 5.91 Å². The van der Waals surface area contributed by atoms with Crippen LogP contribution in [0.2, 0.25) is 0 Å². The Morgan fingerprint density at radius 1 is 1.53 bits per heavy atom. The highest BCUT2D eigenvalue weighted by atomic mass is 16.2. The monoisotopic (exact) mass is 236 g/mol. The van der Waals surface area contributed by atoms with Crippen molar-refractivity contribution in [1.82, 2.24) is 20.0 Å². The lowest BCUT2D eigenvalue weighted by atomic mass is 10.1. The van der Waals surface area contributed by atoms with E-state index in [1.54, 1.807) is 4.90 Å². The van der Waals surface area contributed by atoms with Crippen LogP contribution < -0.4 is 5.32 Å². The van der Waals surface area contributed by atoms with Gasteiger partial charge < -0.3 is 10.2 Å². The quantitative estimate of drug-likeness (QED) is 0.828. The Labute approximate surface area is 102 Å². The topological polar surface area (TPSA) is 50.2 Å². The van der Waals surface area contributed by atoms with Crippen LogP contribution in [0.15, 0.2) is 6.20 Å². The van der Waals surface area contributed by atoms with E-state index >= 15 is 0 Å². The fourth-order valence-electron chi connectivity index (χ4n) is 2.26. The van der Waals surface area contributed by atoms with Crippen molar-refractivity contribution in [1.29, 1.82) is 0 Å². The van der Waals surface area contributed by atoms with Crippen molar-refractivity contribution in [2.45, 2.75) is 32.4 Å². The highest BCUT2D eigenvalue weighted by molar-refractivity contribution is 5.76. The van der Waals surface area contributed by atoms with Gasteiger partial charge in [-0.05, 0) is 13.3 Å². The Bertz CT molecular complexity index is 413. The first kappa shape index (κ1) is 12.1. The third kappa shape index (κ3) is 2.85. The zero-order valence-electron chi connectivity index (χ0n) is 10.7. The number of likely N-dealkylation sites (N-methyl/N-ethyl adjacent to an activating group) is 1. The van der Waals surface area contributed by atoms with E-state index in [1.165, 1.54) is 5.56 Å². The Balaban J connectivity index is 1.86. The van der Waals surface area contributed by atoms with Crippen molar-refractivity contribution in [2.75, 3.05) is 13.6 Å². The molecule has 1 aliphatic rings. The van der Waals surface area contributed by atoms with Gasteiger partial charge in [0.15, 0.2) is 0 Å².